The van der Waals surface area contributed by atoms with Gasteiger partial charge in [0.1, 0.15) is 5.65 Å². The summed E-state index contributed by atoms with van der Waals surface area (Å²) >= 11 is 5.17. The molecule has 20 heavy (non-hydrogen) atoms. The van der Waals surface area contributed by atoms with Gasteiger partial charge in [-0.05, 0) is 34.1 Å². The Hall–Kier alpha value is -1.37. The average Bonchev–Trinajstić information content (AvgIpc) is 3.01. The zero-order valence-corrected chi connectivity index (χ0v) is 13.4. The van der Waals surface area contributed by atoms with Gasteiger partial charge in [-0.3, -0.25) is 4.40 Å². The van der Waals surface area contributed by atoms with E-state index in [0.29, 0.717) is 0 Å². The van der Waals surface area contributed by atoms with Gasteiger partial charge in [0.2, 0.25) is 0 Å². The highest BCUT2D eigenvalue weighted by Crippen LogP contribution is 2.25. The Bertz CT molecular complexity index is 737. The Morgan fingerprint density at radius 2 is 2.30 bits per heavy atom. The van der Waals surface area contributed by atoms with Gasteiger partial charge < -0.3 is 10.0 Å². The minimum atomic E-state index is -0.0288. The van der Waals surface area contributed by atoms with Crippen molar-refractivity contribution in [3.8, 4) is 0 Å². The lowest BCUT2D eigenvalue weighted by atomic mass is 10.3. The Balaban J connectivity index is 1.96. The number of fused-ring (bicyclic) bond motifs is 1. The van der Waals surface area contributed by atoms with Crippen molar-refractivity contribution in [2.75, 3.05) is 11.9 Å². The normalized spacial score (nSPS) is 11.2. The SMILES string of the molecule is CN(Cc1cc(Br)cs1)c1nc2ccccn2c1CO. The lowest BCUT2D eigenvalue weighted by molar-refractivity contribution is 0.276. The largest absolute Gasteiger partial charge is 0.390 e. The highest BCUT2D eigenvalue weighted by atomic mass is 79.9. The zero-order chi connectivity index (χ0) is 14.1. The summed E-state index contributed by atoms with van der Waals surface area (Å²) in [5.74, 6) is 0.822. The third kappa shape index (κ3) is 2.46. The summed E-state index contributed by atoms with van der Waals surface area (Å²) in [5.41, 5.74) is 1.67. The molecule has 0 saturated carbocycles. The number of nitrogens with zero attached hydrogens (tertiary/aromatic N) is 3. The van der Waals surface area contributed by atoms with Gasteiger partial charge in [-0.15, -0.1) is 11.3 Å². The van der Waals surface area contributed by atoms with Crippen LogP contribution in [0.25, 0.3) is 5.65 Å². The Labute approximate surface area is 129 Å². The molecular weight excluding hydrogens is 338 g/mol. The number of anilines is 1. The van der Waals surface area contributed by atoms with Crippen LogP contribution in [0.2, 0.25) is 0 Å². The molecule has 4 nitrogen and oxygen atoms in total. The molecule has 0 spiro atoms. The van der Waals surface area contributed by atoms with E-state index in [4.69, 9.17) is 0 Å². The number of hydrogen-bond donors (Lipinski definition) is 1. The van der Waals surface area contributed by atoms with Crippen molar-refractivity contribution < 1.29 is 5.11 Å². The van der Waals surface area contributed by atoms with Crippen LogP contribution >= 0.6 is 27.3 Å². The first-order valence-electron chi connectivity index (χ1n) is 6.20. The highest BCUT2D eigenvalue weighted by molar-refractivity contribution is 9.10. The molecule has 3 aromatic heterocycles. The monoisotopic (exact) mass is 351 g/mol. The molecule has 0 amide bonds. The molecule has 3 aromatic rings. The molecule has 0 aliphatic rings. The van der Waals surface area contributed by atoms with Crippen LogP contribution < -0.4 is 4.90 Å². The second-order valence-corrected chi connectivity index (χ2v) is 6.47. The van der Waals surface area contributed by atoms with Crippen LogP contribution in [0.3, 0.4) is 0 Å². The second kappa shape index (κ2) is 5.55. The second-order valence-electron chi connectivity index (χ2n) is 4.56. The number of halogens is 1. The van der Waals surface area contributed by atoms with Crippen molar-refractivity contribution >= 4 is 38.7 Å². The van der Waals surface area contributed by atoms with Gasteiger partial charge in [-0.25, -0.2) is 4.98 Å². The lowest BCUT2D eigenvalue weighted by Crippen LogP contribution is -2.17. The van der Waals surface area contributed by atoms with E-state index in [1.54, 1.807) is 11.3 Å². The molecule has 0 aromatic carbocycles. The van der Waals surface area contributed by atoms with Crippen molar-refractivity contribution in [3.63, 3.8) is 0 Å². The third-order valence-corrected chi connectivity index (χ3v) is 4.82. The maximum absolute atomic E-state index is 9.63. The number of pyridine rings is 1. The van der Waals surface area contributed by atoms with Gasteiger partial charge in [0.15, 0.2) is 5.82 Å². The molecule has 6 heteroatoms. The predicted molar refractivity (Wildman–Crippen MR) is 85.2 cm³/mol. The minimum Gasteiger partial charge on any atom is -0.390 e. The maximum atomic E-state index is 9.63. The molecule has 104 valence electrons. The number of thiophene rings is 1. The van der Waals surface area contributed by atoms with Crippen molar-refractivity contribution in [1.82, 2.24) is 9.38 Å². The Morgan fingerprint density at radius 1 is 1.45 bits per heavy atom. The minimum absolute atomic E-state index is 0.0288. The van der Waals surface area contributed by atoms with Crippen molar-refractivity contribution in [1.29, 1.82) is 0 Å². The molecule has 0 radical (unpaired) electrons. The van der Waals surface area contributed by atoms with Crippen molar-refractivity contribution in [2.45, 2.75) is 13.2 Å². The van der Waals surface area contributed by atoms with Crippen LogP contribution in [0.15, 0.2) is 40.3 Å². The van der Waals surface area contributed by atoms with E-state index < -0.39 is 0 Å². The molecule has 0 fully saturated rings. The van der Waals surface area contributed by atoms with Gasteiger partial charge in [0.25, 0.3) is 0 Å². The van der Waals surface area contributed by atoms with Crippen molar-refractivity contribution in [2.24, 2.45) is 0 Å². The first-order valence-corrected chi connectivity index (χ1v) is 7.87. The van der Waals surface area contributed by atoms with Gasteiger partial charge >= 0.3 is 0 Å². The third-order valence-electron chi connectivity index (χ3n) is 3.13. The summed E-state index contributed by atoms with van der Waals surface area (Å²) in [6, 6.07) is 7.94. The summed E-state index contributed by atoms with van der Waals surface area (Å²) < 4.78 is 3.03. The zero-order valence-electron chi connectivity index (χ0n) is 11.0. The van der Waals surface area contributed by atoms with E-state index >= 15 is 0 Å². The van der Waals surface area contributed by atoms with E-state index in [2.05, 4.69) is 37.3 Å². The standard InChI is InChI=1S/C14H14BrN3OS/c1-17(7-11-6-10(15)9-20-11)14-12(8-19)18-5-3-2-4-13(18)16-14/h2-6,9,19H,7-8H2,1H3. The molecule has 0 aliphatic heterocycles. The van der Waals surface area contributed by atoms with E-state index in [0.717, 1.165) is 28.2 Å². The summed E-state index contributed by atoms with van der Waals surface area (Å²) in [6.45, 7) is 0.742. The molecule has 0 bridgehead atoms. The van der Waals surface area contributed by atoms with Crippen LogP contribution in [0, 0.1) is 0 Å². The molecular formula is C14H14BrN3OS. The fourth-order valence-electron chi connectivity index (χ4n) is 2.23. The Morgan fingerprint density at radius 3 is 3.00 bits per heavy atom. The van der Waals surface area contributed by atoms with Gasteiger partial charge in [0, 0.05) is 28.0 Å². The van der Waals surface area contributed by atoms with Crippen LogP contribution in [0.4, 0.5) is 5.82 Å². The van der Waals surface area contributed by atoms with E-state index in [9.17, 15) is 5.11 Å². The number of aliphatic hydroxyl groups excluding tert-OH is 1. The van der Waals surface area contributed by atoms with Gasteiger partial charge in [0.05, 0.1) is 18.8 Å². The molecule has 0 aliphatic carbocycles. The number of aromatic nitrogens is 2. The fourth-order valence-corrected chi connectivity index (χ4v) is 3.74. The maximum Gasteiger partial charge on any atom is 0.153 e. The van der Waals surface area contributed by atoms with Gasteiger partial charge in [-0.1, -0.05) is 6.07 Å². The summed E-state index contributed by atoms with van der Waals surface area (Å²) in [6.07, 6.45) is 1.92. The van der Waals surface area contributed by atoms with Crippen LogP contribution in [0.5, 0.6) is 0 Å². The molecule has 1 N–H and O–H groups in total. The summed E-state index contributed by atoms with van der Waals surface area (Å²) in [5, 5.41) is 11.7. The van der Waals surface area contributed by atoms with Crippen molar-refractivity contribution in [3.05, 3.63) is 50.9 Å². The average molecular weight is 352 g/mol. The topological polar surface area (TPSA) is 40.8 Å². The number of aliphatic hydroxyl groups is 1. The first-order chi connectivity index (χ1) is 9.69. The number of imidazole rings is 1. The molecule has 0 atom stereocenters. The lowest BCUT2D eigenvalue weighted by Gasteiger charge is -2.16. The predicted octanol–water partition coefficient (Wildman–Crippen LogP) is 3.29. The van der Waals surface area contributed by atoms with Gasteiger partial charge in [-0.2, -0.15) is 0 Å². The van der Waals surface area contributed by atoms with Crippen LogP contribution in [-0.2, 0) is 13.2 Å². The Kier molecular flexibility index (Phi) is 3.78. The highest BCUT2D eigenvalue weighted by Gasteiger charge is 2.15. The number of rotatable bonds is 4. The van der Waals surface area contributed by atoms with Crippen LogP contribution in [-0.4, -0.2) is 21.5 Å². The molecule has 0 unspecified atom stereocenters. The molecule has 0 saturated heterocycles. The smallest absolute Gasteiger partial charge is 0.153 e. The summed E-state index contributed by atoms with van der Waals surface area (Å²) in [4.78, 5) is 7.92. The first kappa shape index (κ1) is 13.6. The van der Waals surface area contributed by atoms with E-state index in [-0.39, 0.29) is 6.61 Å². The fraction of sp³-hybridized carbons (Fsp3) is 0.214. The van der Waals surface area contributed by atoms with E-state index in [1.807, 2.05) is 35.8 Å². The molecule has 3 heterocycles. The quantitative estimate of drug-likeness (QED) is 0.783. The number of hydrogen-bond acceptors (Lipinski definition) is 4. The van der Waals surface area contributed by atoms with E-state index in [1.165, 1.54) is 4.88 Å². The summed E-state index contributed by atoms with van der Waals surface area (Å²) in [7, 11) is 1.99. The van der Waals surface area contributed by atoms with Crippen LogP contribution in [0.1, 0.15) is 10.6 Å². The molecule has 3 rings (SSSR count).